The molecule has 0 saturated heterocycles. The molecule has 11 rings (SSSR count). The van der Waals surface area contributed by atoms with Crippen LogP contribution in [0, 0.1) is 0 Å². The Bertz CT molecular complexity index is 3020. The molecule has 0 radical (unpaired) electrons. The standard InChI is InChI=1S/C48H32N2S/c1-5-22-43-37(16-1)38-17-2-6-23-44(38)50(43)35-26-27-46-42(30-35)39-18-3-7-24-45(39)49(46)34-15-10-13-32(29-34)31-12-9-14-33(28-31)36-20-11-21-41-40-19-4-8-25-47(40)51-48(36)41/h1-27,29-30,33H,28H2. The average Bonchev–Trinajstić information content (AvgIpc) is 3.86. The number of rotatable bonds is 4. The average molecular weight is 669 g/mol. The first-order valence-electron chi connectivity index (χ1n) is 17.7. The summed E-state index contributed by atoms with van der Waals surface area (Å²) in [4.78, 5) is 0. The van der Waals surface area contributed by atoms with Crippen molar-refractivity contribution in [3.8, 4) is 11.4 Å². The van der Waals surface area contributed by atoms with Crippen molar-refractivity contribution in [2.75, 3.05) is 0 Å². The highest BCUT2D eigenvalue weighted by Gasteiger charge is 2.21. The van der Waals surface area contributed by atoms with E-state index in [4.69, 9.17) is 0 Å². The van der Waals surface area contributed by atoms with Crippen LogP contribution >= 0.6 is 11.3 Å². The van der Waals surface area contributed by atoms with E-state index in [1.807, 2.05) is 11.3 Å². The molecule has 7 aromatic carbocycles. The monoisotopic (exact) mass is 668 g/mol. The normalized spacial score (nSPS) is 14.8. The van der Waals surface area contributed by atoms with Crippen LogP contribution < -0.4 is 0 Å². The van der Waals surface area contributed by atoms with Gasteiger partial charge in [0, 0.05) is 59.0 Å². The predicted octanol–water partition coefficient (Wildman–Crippen LogP) is 13.4. The molecule has 0 N–H and O–H groups in total. The topological polar surface area (TPSA) is 9.86 Å². The molecule has 0 fully saturated rings. The van der Waals surface area contributed by atoms with Crippen molar-refractivity contribution in [2.45, 2.75) is 12.3 Å². The van der Waals surface area contributed by atoms with E-state index in [2.05, 4.69) is 185 Å². The first kappa shape index (κ1) is 28.7. The number of para-hydroxylation sites is 3. The van der Waals surface area contributed by atoms with E-state index in [-0.39, 0.29) is 0 Å². The summed E-state index contributed by atoms with van der Waals surface area (Å²) in [6.07, 6.45) is 7.93. The zero-order valence-electron chi connectivity index (χ0n) is 27.8. The summed E-state index contributed by atoms with van der Waals surface area (Å²) in [6, 6.07) is 58.1. The first-order valence-corrected chi connectivity index (χ1v) is 18.5. The molecule has 10 aromatic rings. The van der Waals surface area contributed by atoms with Crippen molar-refractivity contribution in [3.63, 3.8) is 0 Å². The Morgan fingerprint density at radius 2 is 1.06 bits per heavy atom. The van der Waals surface area contributed by atoms with E-state index in [0.29, 0.717) is 5.92 Å². The van der Waals surface area contributed by atoms with Crippen molar-refractivity contribution in [1.29, 1.82) is 0 Å². The Morgan fingerprint density at radius 3 is 1.80 bits per heavy atom. The lowest BCUT2D eigenvalue weighted by molar-refractivity contribution is 0.877. The highest BCUT2D eigenvalue weighted by Crippen LogP contribution is 2.43. The van der Waals surface area contributed by atoms with Gasteiger partial charge in [-0.05, 0) is 77.7 Å². The van der Waals surface area contributed by atoms with Gasteiger partial charge in [-0.1, -0.05) is 121 Å². The molecular weight excluding hydrogens is 637 g/mol. The SMILES string of the molecule is C1=CC(c2cccc3c2sc2ccccc23)CC(c2cccc(-n3c4ccccc4c4cc(-n5c6ccccc6c6ccccc65)ccc43)c2)=C1. The Labute approximate surface area is 299 Å². The maximum Gasteiger partial charge on any atom is 0.0542 e. The van der Waals surface area contributed by atoms with Gasteiger partial charge < -0.3 is 9.13 Å². The summed E-state index contributed by atoms with van der Waals surface area (Å²) in [5.41, 5.74) is 11.3. The van der Waals surface area contributed by atoms with E-state index < -0.39 is 0 Å². The minimum atomic E-state index is 0.331. The minimum absolute atomic E-state index is 0.331. The van der Waals surface area contributed by atoms with Crippen LogP contribution in [0.1, 0.15) is 23.5 Å². The number of nitrogens with zero attached hydrogens (tertiary/aromatic N) is 2. The molecule has 1 aliphatic carbocycles. The fourth-order valence-electron chi connectivity index (χ4n) is 8.59. The van der Waals surface area contributed by atoms with E-state index in [1.54, 1.807) is 0 Å². The number of allylic oxidation sites excluding steroid dienone is 4. The maximum absolute atomic E-state index is 2.44. The third-order valence-corrected chi connectivity index (χ3v) is 12.1. The zero-order valence-corrected chi connectivity index (χ0v) is 28.6. The summed E-state index contributed by atoms with van der Waals surface area (Å²) >= 11 is 1.92. The largest absolute Gasteiger partial charge is 0.309 e. The molecule has 2 nitrogen and oxygen atoms in total. The third kappa shape index (κ3) is 4.35. The van der Waals surface area contributed by atoms with Gasteiger partial charge in [-0.15, -0.1) is 11.3 Å². The van der Waals surface area contributed by atoms with Crippen molar-refractivity contribution < 1.29 is 0 Å². The first-order chi connectivity index (χ1) is 25.3. The van der Waals surface area contributed by atoms with E-state index in [0.717, 1.165) is 6.42 Å². The Morgan fingerprint density at radius 1 is 0.471 bits per heavy atom. The second-order valence-corrected chi connectivity index (χ2v) is 14.7. The highest BCUT2D eigenvalue weighted by atomic mass is 32.1. The zero-order chi connectivity index (χ0) is 33.5. The lowest BCUT2D eigenvalue weighted by atomic mass is 9.85. The molecule has 1 atom stereocenters. The molecule has 51 heavy (non-hydrogen) atoms. The van der Waals surface area contributed by atoms with Gasteiger partial charge in [-0.2, -0.15) is 0 Å². The number of benzene rings is 7. The van der Waals surface area contributed by atoms with Crippen LogP contribution in [0.3, 0.4) is 0 Å². The van der Waals surface area contributed by atoms with Crippen LogP contribution in [0.15, 0.2) is 176 Å². The summed E-state index contributed by atoms with van der Waals surface area (Å²) in [5.74, 6) is 0.331. The summed E-state index contributed by atoms with van der Waals surface area (Å²) in [7, 11) is 0. The van der Waals surface area contributed by atoms with Gasteiger partial charge in [-0.25, -0.2) is 0 Å². The van der Waals surface area contributed by atoms with E-state index in [9.17, 15) is 0 Å². The molecule has 1 aliphatic rings. The smallest absolute Gasteiger partial charge is 0.0542 e. The molecule has 3 heteroatoms. The van der Waals surface area contributed by atoms with Gasteiger partial charge in [-0.3, -0.25) is 0 Å². The molecule has 1 unspecified atom stereocenters. The van der Waals surface area contributed by atoms with Gasteiger partial charge in [0.15, 0.2) is 0 Å². The Hall–Kier alpha value is -6.16. The molecule has 3 heterocycles. The summed E-state index contributed by atoms with van der Waals surface area (Å²) in [6.45, 7) is 0. The van der Waals surface area contributed by atoms with Crippen LogP contribution in [-0.2, 0) is 0 Å². The van der Waals surface area contributed by atoms with Crippen molar-refractivity contribution in [1.82, 2.24) is 9.13 Å². The molecule has 0 saturated carbocycles. The number of hydrogen-bond donors (Lipinski definition) is 0. The predicted molar refractivity (Wildman–Crippen MR) is 219 cm³/mol. The fraction of sp³-hybridized carbons (Fsp3) is 0.0417. The molecule has 0 bridgehead atoms. The van der Waals surface area contributed by atoms with Gasteiger partial charge in [0.2, 0.25) is 0 Å². The molecule has 0 aliphatic heterocycles. The number of fused-ring (bicyclic) bond motifs is 9. The van der Waals surface area contributed by atoms with Crippen LogP contribution in [0.2, 0.25) is 0 Å². The van der Waals surface area contributed by atoms with Crippen LogP contribution in [-0.4, -0.2) is 9.13 Å². The molecular formula is C48H32N2S. The van der Waals surface area contributed by atoms with Crippen molar-refractivity contribution >= 4 is 80.7 Å². The van der Waals surface area contributed by atoms with Gasteiger partial charge >= 0.3 is 0 Å². The number of thiophene rings is 1. The molecule has 0 amide bonds. The number of aromatic nitrogens is 2. The molecule has 3 aromatic heterocycles. The molecule has 0 spiro atoms. The lowest BCUT2D eigenvalue weighted by Crippen LogP contribution is -2.02. The fourth-order valence-corrected chi connectivity index (χ4v) is 9.87. The second-order valence-electron chi connectivity index (χ2n) is 13.7. The summed E-state index contributed by atoms with van der Waals surface area (Å²) in [5, 5.41) is 7.80. The van der Waals surface area contributed by atoms with E-state index in [1.165, 1.54) is 91.9 Å². The minimum Gasteiger partial charge on any atom is -0.309 e. The quantitative estimate of drug-likeness (QED) is 0.177. The summed E-state index contributed by atoms with van der Waals surface area (Å²) < 4.78 is 7.62. The Kier molecular flexibility index (Phi) is 6.28. The van der Waals surface area contributed by atoms with E-state index >= 15 is 0 Å². The van der Waals surface area contributed by atoms with Gasteiger partial charge in [0.05, 0.1) is 22.1 Å². The van der Waals surface area contributed by atoms with Gasteiger partial charge in [0.25, 0.3) is 0 Å². The lowest BCUT2D eigenvalue weighted by Gasteiger charge is -2.21. The Balaban J connectivity index is 1.01. The van der Waals surface area contributed by atoms with Crippen molar-refractivity contribution in [2.24, 2.45) is 0 Å². The number of hydrogen-bond acceptors (Lipinski definition) is 1. The second kappa shape index (κ2) is 11.2. The van der Waals surface area contributed by atoms with Crippen LogP contribution in [0.25, 0.3) is 80.7 Å². The highest BCUT2D eigenvalue weighted by molar-refractivity contribution is 7.26. The van der Waals surface area contributed by atoms with Crippen molar-refractivity contribution in [3.05, 3.63) is 187 Å². The van der Waals surface area contributed by atoms with Gasteiger partial charge in [0.1, 0.15) is 0 Å². The maximum atomic E-state index is 2.44. The van der Waals surface area contributed by atoms with Crippen LogP contribution in [0.4, 0.5) is 0 Å². The molecule has 240 valence electrons. The third-order valence-electron chi connectivity index (χ3n) is 10.9. The van der Waals surface area contributed by atoms with Crippen LogP contribution in [0.5, 0.6) is 0 Å².